The number of hydrogen-bond donors (Lipinski definition) is 1. The fourth-order valence-corrected chi connectivity index (χ4v) is 5.44. The van der Waals surface area contributed by atoms with Crippen LogP contribution in [0.25, 0.3) is 21.3 Å². The molecule has 0 bridgehead atoms. The SMILES string of the molecule is COc1ccc(OC)c(CN2CCN(Cc3nc4scc(-c5ccc(F)cc5)c4c(=O)[nH]3)CC2)c1. The molecular weight excluding hydrogens is 467 g/mol. The Morgan fingerprint density at radius 2 is 1.71 bits per heavy atom. The van der Waals surface area contributed by atoms with E-state index in [-0.39, 0.29) is 11.4 Å². The maximum atomic E-state index is 13.3. The molecule has 7 nitrogen and oxygen atoms in total. The first-order valence-corrected chi connectivity index (χ1v) is 12.3. The van der Waals surface area contributed by atoms with Crippen molar-refractivity contribution in [1.82, 2.24) is 19.8 Å². The van der Waals surface area contributed by atoms with Crippen LogP contribution in [0.2, 0.25) is 0 Å². The van der Waals surface area contributed by atoms with Gasteiger partial charge in [0.25, 0.3) is 5.56 Å². The minimum Gasteiger partial charge on any atom is -0.497 e. The van der Waals surface area contributed by atoms with Gasteiger partial charge in [-0.1, -0.05) is 12.1 Å². The van der Waals surface area contributed by atoms with E-state index in [0.717, 1.165) is 60.9 Å². The van der Waals surface area contributed by atoms with Crippen molar-refractivity contribution in [3.05, 3.63) is 75.4 Å². The highest BCUT2D eigenvalue weighted by Gasteiger charge is 2.20. The third-order valence-electron chi connectivity index (χ3n) is 6.37. The van der Waals surface area contributed by atoms with Crippen molar-refractivity contribution in [3.63, 3.8) is 0 Å². The van der Waals surface area contributed by atoms with Crippen LogP contribution in [-0.4, -0.2) is 60.2 Å². The van der Waals surface area contributed by atoms with Gasteiger partial charge >= 0.3 is 0 Å². The molecule has 0 spiro atoms. The highest BCUT2D eigenvalue weighted by Crippen LogP contribution is 2.31. The van der Waals surface area contributed by atoms with Crippen LogP contribution in [0.15, 0.2) is 52.6 Å². The van der Waals surface area contributed by atoms with Crippen LogP contribution in [0.4, 0.5) is 4.39 Å². The summed E-state index contributed by atoms with van der Waals surface area (Å²) >= 11 is 1.44. The van der Waals surface area contributed by atoms with Crippen LogP contribution in [0.1, 0.15) is 11.4 Å². The largest absolute Gasteiger partial charge is 0.497 e. The molecule has 5 rings (SSSR count). The summed E-state index contributed by atoms with van der Waals surface area (Å²) in [7, 11) is 3.35. The molecule has 0 unspecified atom stereocenters. The lowest BCUT2D eigenvalue weighted by Gasteiger charge is -2.34. The van der Waals surface area contributed by atoms with E-state index in [4.69, 9.17) is 14.5 Å². The van der Waals surface area contributed by atoms with Gasteiger partial charge in [0.15, 0.2) is 0 Å². The first-order chi connectivity index (χ1) is 17.0. The van der Waals surface area contributed by atoms with Gasteiger partial charge in [-0.2, -0.15) is 0 Å². The zero-order valence-electron chi connectivity index (χ0n) is 19.7. The molecule has 1 saturated heterocycles. The fourth-order valence-electron chi connectivity index (χ4n) is 4.47. The summed E-state index contributed by atoms with van der Waals surface area (Å²) in [5.41, 5.74) is 2.54. The summed E-state index contributed by atoms with van der Waals surface area (Å²) < 4.78 is 24.2. The van der Waals surface area contributed by atoms with Crippen molar-refractivity contribution < 1.29 is 13.9 Å². The van der Waals surface area contributed by atoms with Gasteiger partial charge in [0, 0.05) is 49.2 Å². The van der Waals surface area contributed by atoms with E-state index in [1.165, 1.54) is 23.5 Å². The van der Waals surface area contributed by atoms with Gasteiger partial charge in [-0.25, -0.2) is 9.37 Å². The Labute approximate surface area is 206 Å². The molecule has 1 aliphatic rings. The predicted octanol–water partition coefficient (Wildman–Crippen LogP) is 4.13. The smallest absolute Gasteiger partial charge is 0.260 e. The summed E-state index contributed by atoms with van der Waals surface area (Å²) in [6, 6.07) is 12.0. The summed E-state index contributed by atoms with van der Waals surface area (Å²) in [5.74, 6) is 2.04. The third-order valence-corrected chi connectivity index (χ3v) is 7.24. The van der Waals surface area contributed by atoms with Crippen molar-refractivity contribution in [3.8, 4) is 22.6 Å². The first-order valence-electron chi connectivity index (χ1n) is 11.5. The quantitative estimate of drug-likeness (QED) is 0.417. The molecule has 0 aliphatic carbocycles. The molecular formula is C26H27FN4O3S. The number of aromatic nitrogens is 2. The number of nitrogens with zero attached hydrogens (tertiary/aromatic N) is 3. The van der Waals surface area contributed by atoms with Crippen molar-refractivity contribution in [1.29, 1.82) is 0 Å². The summed E-state index contributed by atoms with van der Waals surface area (Å²) in [6.07, 6.45) is 0. The number of methoxy groups -OCH3 is 2. The normalized spacial score (nSPS) is 14.9. The van der Waals surface area contributed by atoms with Crippen LogP contribution < -0.4 is 15.0 Å². The minimum atomic E-state index is -0.301. The molecule has 2 aromatic carbocycles. The lowest BCUT2D eigenvalue weighted by atomic mass is 10.1. The average molecular weight is 495 g/mol. The Hall–Kier alpha value is -3.27. The summed E-state index contributed by atoms with van der Waals surface area (Å²) in [5, 5.41) is 2.47. The van der Waals surface area contributed by atoms with Crippen LogP contribution in [0, 0.1) is 5.82 Å². The van der Waals surface area contributed by atoms with Gasteiger partial charge in [0.2, 0.25) is 0 Å². The second-order valence-electron chi connectivity index (χ2n) is 8.58. The number of H-pyrrole nitrogens is 1. The highest BCUT2D eigenvalue weighted by molar-refractivity contribution is 7.17. The van der Waals surface area contributed by atoms with Crippen molar-refractivity contribution in [2.45, 2.75) is 13.1 Å². The maximum absolute atomic E-state index is 13.3. The van der Waals surface area contributed by atoms with Crippen LogP contribution in [0.3, 0.4) is 0 Å². The van der Waals surface area contributed by atoms with E-state index in [1.54, 1.807) is 26.4 Å². The van der Waals surface area contributed by atoms with Gasteiger partial charge in [-0.15, -0.1) is 11.3 Å². The number of hydrogen-bond acceptors (Lipinski definition) is 7. The van der Waals surface area contributed by atoms with Gasteiger partial charge in [0.05, 0.1) is 26.2 Å². The molecule has 1 N–H and O–H groups in total. The number of nitrogens with one attached hydrogen (secondary N) is 1. The molecule has 0 amide bonds. The average Bonchev–Trinajstić information content (AvgIpc) is 3.30. The Bertz CT molecular complexity index is 1380. The second-order valence-corrected chi connectivity index (χ2v) is 9.44. The number of ether oxygens (including phenoxy) is 2. The third kappa shape index (κ3) is 5.07. The Morgan fingerprint density at radius 1 is 1.00 bits per heavy atom. The van der Waals surface area contributed by atoms with E-state index in [2.05, 4.69) is 14.8 Å². The maximum Gasteiger partial charge on any atom is 0.260 e. The highest BCUT2D eigenvalue weighted by atomic mass is 32.1. The van der Waals surface area contributed by atoms with Gasteiger partial charge in [-0.3, -0.25) is 14.6 Å². The van der Waals surface area contributed by atoms with Gasteiger partial charge in [-0.05, 0) is 35.9 Å². The number of rotatable bonds is 7. The van der Waals surface area contributed by atoms with Crippen molar-refractivity contribution in [2.75, 3.05) is 40.4 Å². The van der Waals surface area contributed by atoms with E-state index in [9.17, 15) is 9.18 Å². The zero-order chi connectivity index (χ0) is 24.4. The summed E-state index contributed by atoms with van der Waals surface area (Å²) in [4.78, 5) is 26.0. The Balaban J connectivity index is 1.25. The van der Waals surface area contributed by atoms with Gasteiger partial charge in [0.1, 0.15) is 28.0 Å². The molecule has 35 heavy (non-hydrogen) atoms. The number of benzene rings is 2. The monoisotopic (exact) mass is 494 g/mol. The van der Waals surface area contributed by atoms with Crippen molar-refractivity contribution in [2.24, 2.45) is 0 Å². The zero-order valence-corrected chi connectivity index (χ0v) is 20.5. The second kappa shape index (κ2) is 10.2. The van der Waals surface area contributed by atoms with E-state index >= 15 is 0 Å². The van der Waals surface area contributed by atoms with E-state index in [1.807, 2.05) is 23.6 Å². The Kier molecular flexibility index (Phi) is 6.81. The number of halogens is 1. The molecule has 2 aromatic heterocycles. The molecule has 1 fully saturated rings. The molecule has 182 valence electrons. The molecule has 3 heterocycles. The van der Waals surface area contributed by atoms with E-state index in [0.29, 0.717) is 22.6 Å². The van der Waals surface area contributed by atoms with Crippen LogP contribution in [-0.2, 0) is 13.1 Å². The summed E-state index contributed by atoms with van der Waals surface area (Å²) in [6.45, 7) is 4.93. The van der Waals surface area contributed by atoms with Crippen LogP contribution >= 0.6 is 11.3 Å². The minimum absolute atomic E-state index is 0.158. The standard InChI is InChI=1S/C26H27FN4O3S/c1-33-20-7-8-22(34-2)18(13-20)14-30-9-11-31(12-10-30)15-23-28-25(32)24-21(16-35-26(24)29-23)17-3-5-19(27)6-4-17/h3-8,13,16H,9-12,14-15H2,1-2H3,(H,28,29,32). The first kappa shape index (κ1) is 23.5. The number of piperazine rings is 1. The molecule has 0 radical (unpaired) electrons. The molecule has 4 aromatic rings. The van der Waals surface area contributed by atoms with Crippen molar-refractivity contribution >= 4 is 21.6 Å². The predicted molar refractivity (Wildman–Crippen MR) is 136 cm³/mol. The Morgan fingerprint density at radius 3 is 2.40 bits per heavy atom. The molecule has 0 saturated carbocycles. The number of aromatic amines is 1. The lowest BCUT2D eigenvalue weighted by Crippen LogP contribution is -2.45. The molecule has 0 atom stereocenters. The molecule has 1 aliphatic heterocycles. The lowest BCUT2D eigenvalue weighted by molar-refractivity contribution is 0.119. The fraction of sp³-hybridized carbons (Fsp3) is 0.308. The number of thiophene rings is 1. The topological polar surface area (TPSA) is 70.7 Å². The molecule has 9 heteroatoms. The van der Waals surface area contributed by atoms with Crippen LogP contribution in [0.5, 0.6) is 11.5 Å². The van der Waals surface area contributed by atoms with E-state index < -0.39 is 0 Å². The number of fused-ring (bicyclic) bond motifs is 1. The van der Waals surface area contributed by atoms with Gasteiger partial charge < -0.3 is 14.5 Å².